The summed E-state index contributed by atoms with van der Waals surface area (Å²) in [5, 5.41) is 3.45. The Morgan fingerprint density at radius 1 is 1.17 bits per heavy atom. The summed E-state index contributed by atoms with van der Waals surface area (Å²) in [6.45, 7) is 2.83. The second kappa shape index (κ2) is 12.0. The quantitative estimate of drug-likeness (QED) is 0.241. The fourth-order valence-electron chi connectivity index (χ4n) is 3.45. The smallest absolute Gasteiger partial charge is 0.193 e. The predicted octanol–water partition coefficient (Wildman–Crippen LogP) is 3.94. The minimum atomic E-state index is -3.14. The first-order valence-corrected chi connectivity index (χ1v) is 12.8. The molecule has 0 saturated carbocycles. The molecule has 1 fully saturated rings. The molecule has 2 aromatic carbocycles. The fraction of sp³-hybridized carbons (Fsp3) is 0.409. The molecule has 8 heteroatoms. The summed E-state index contributed by atoms with van der Waals surface area (Å²) >= 11 is 1.93. The van der Waals surface area contributed by atoms with E-state index in [1.54, 1.807) is 12.1 Å². The van der Waals surface area contributed by atoms with E-state index in [0.717, 1.165) is 43.3 Å². The molecule has 1 N–H and O–H groups in total. The Hall–Kier alpha value is -1.26. The molecule has 1 atom stereocenters. The van der Waals surface area contributed by atoms with Crippen molar-refractivity contribution in [3.8, 4) is 0 Å². The lowest BCUT2D eigenvalue weighted by Gasteiger charge is -2.21. The molecule has 1 aliphatic rings. The van der Waals surface area contributed by atoms with E-state index in [1.165, 1.54) is 17.6 Å². The van der Waals surface area contributed by atoms with Gasteiger partial charge >= 0.3 is 0 Å². The number of sulfone groups is 1. The average molecular weight is 560 g/mol. The van der Waals surface area contributed by atoms with Crippen LogP contribution in [0.5, 0.6) is 0 Å². The summed E-state index contributed by atoms with van der Waals surface area (Å²) in [6.07, 6.45) is 3.24. The van der Waals surface area contributed by atoms with Crippen LogP contribution in [-0.4, -0.2) is 58.0 Å². The number of aliphatic imine (C=N–C) groups is 1. The molecular weight excluding hydrogens is 529 g/mol. The van der Waals surface area contributed by atoms with Crippen LogP contribution in [0.4, 0.5) is 0 Å². The summed E-state index contributed by atoms with van der Waals surface area (Å²) in [5.74, 6) is 2.75. The van der Waals surface area contributed by atoms with Gasteiger partial charge in [0.25, 0.3) is 0 Å². The predicted molar refractivity (Wildman–Crippen MR) is 137 cm³/mol. The van der Waals surface area contributed by atoms with E-state index in [-0.39, 0.29) is 24.0 Å². The van der Waals surface area contributed by atoms with Crippen molar-refractivity contribution in [1.82, 2.24) is 10.2 Å². The molecular formula is C22H30IN3O2S2. The second-order valence-corrected chi connectivity index (χ2v) is 10.5. The molecule has 0 spiro atoms. The molecule has 1 aliphatic heterocycles. The highest BCUT2D eigenvalue weighted by Gasteiger charge is 2.24. The van der Waals surface area contributed by atoms with Crippen LogP contribution in [0.15, 0.2) is 69.4 Å². The van der Waals surface area contributed by atoms with Gasteiger partial charge in [-0.15, -0.1) is 35.7 Å². The fourth-order valence-corrected chi connectivity index (χ4v) is 5.13. The first-order valence-electron chi connectivity index (χ1n) is 9.88. The van der Waals surface area contributed by atoms with Crippen molar-refractivity contribution >= 4 is 51.5 Å². The van der Waals surface area contributed by atoms with Crippen molar-refractivity contribution in [2.75, 3.05) is 38.7 Å². The van der Waals surface area contributed by atoms with E-state index in [4.69, 9.17) is 0 Å². The van der Waals surface area contributed by atoms with Crippen LogP contribution in [-0.2, 0) is 16.3 Å². The molecule has 0 amide bonds. The molecule has 0 aromatic heterocycles. The van der Waals surface area contributed by atoms with Crippen molar-refractivity contribution in [2.24, 2.45) is 10.9 Å². The van der Waals surface area contributed by atoms with Gasteiger partial charge in [-0.2, -0.15) is 0 Å². The second-order valence-electron chi connectivity index (χ2n) is 7.36. The van der Waals surface area contributed by atoms with Crippen LogP contribution in [0.3, 0.4) is 0 Å². The topological polar surface area (TPSA) is 61.8 Å². The van der Waals surface area contributed by atoms with Crippen molar-refractivity contribution in [3.05, 3.63) is 60.2 Å². The Morgan fingerprint density at radius 2 is 1.87 bits per heavy atom. The zero-order valence-electron chi connectivity index (χ0n) is 17.5. The maximum Gasteiger partial charge on any atom is 0.193 e. The lowest BCUT2D eigenvalue weighted by atomic mass is 10.1. The molecule has 5 nitrogen and oxygen atoms in total. The molecule has 2 aromatic rings. The van der Waals surface area contributed by atoms with E-state index < -0.39 is 9.84 Å². The van der Waals surface area contributed by atoms with Gasteiger partial charge in [0.1, 0.15) is 0 Å². The minimum Gasteiger partial charge on any atom is -0.356 e. The third kappa shape index (κ3) is 7.46. The van der Waals surface area contributed by atoms with E-state index in [0.29, 0.717) is 10.8 Å². The lowest BCUT2D eigenvalue weighted by molar-refractivity contribution is 0.475. The zero-order chi connectivity index (χ0) is 20.7. The maximum atomic E-state index is 11.6. The van der Waals surface area contributed by atoms with Crippen LogP contribution in [0.1, 0.15) is 12.0 Å². The number of rotatable bonds is 7. The maximum absolute atomic E-state index is 11.6. The molecule has 0 radical (unpaired) electrons. The summed E-state index contributed by atoms with van der Waals surface area (Å²) in [5.41, 5.74) is 1.11. The highest BCUT2D eigenvalue weighted by Crippen LogP contribution is 2.25. The van der Waals surface area contributed by atoms with Crippen LogP contribution in [0.2, 0.25) is 0 Å². The highest BCUT2D eigenvalue weighted by molar-refractivity contribution is 14.0. The third-order valence-electron chi connectivity index (χ3n) is 5.07. The summed E-state index contributed by atoms with van der Waals surface area (Å²) in [6, 6.07) is 17.7. The third-order valence-corrected chi connectivity index (χ3v) is 7.45. The van der Waals surface area contributed by atoms with Gasteiger partial charge in [-0.3, -0.25) is 4.99 Å². The number of nitrogens with one attached hydrogen (secondary N) is 1. The van der Waals surface area contributed by atoms with Gasteiger partial charge in [0.15, 0.2) is 15.8 Å². The Labute approximate surface area is 201 Å². The minimum absolute atomic E-state index is 0. The number of hydrogen-bond acceptors (Lipinski definition) is 4. The van der Waals surface area contributed by atoms with Gasteiger partial charge in [-0.05, 0) is 48.6 Å². The number of hydrogen-bond donors (Lipinski definition) is 1. The van der Waals surface area contributed by atoms with Crippen molar-refractivity contribution in [1.29, 1.82) is 0 Å². The Balaban J connectivity index is 0.00000320. The monoisotopic (exact) mass is 559 g/mol. The number of thioether (sulfide) groups is 1. The Morgan fingerprint density at radius 3 is 2.50 bits per heavy atom. The molecule has 1 unspecified atom stereocenters. The molecule has 3 rings (SSSR count). The zero-order valence-corrected chi connectivity index (χ0v) is 21.4. The number of guanidine groups is 1. The summed E-state index contributed by atoms with van der Waals surface area (Å²) in [4.78, 5) is 8.47. The number of likely N-dealkylation sites (tertiary alicyclic amines) is 1. The summed E-state index contributed by atoms with van der Waals surface area (Å²) in [7, 11) is -1.31. The van der Waals surface area contributed by atoms with Crippen molar-refractivity contribution in [3.63, 3.8) is 0 Å². The summed E-state index contributed by atoms with van der Waals surface area (Å²) < 4.78 is 23.1. The highest BCUT2D eigenvalue weighted by atomic mass is 127. The van der Waals surface area contributed by atoms with Crippen LogP contribution in [0.25, 0.3) is 0 Å². The van der Waals surface area contributed by atoms with Crippen LogP contribution >= 0.6 is 35.7 Å². The van der Waals surface area contributed by atoms with Gasteiger partial charge in [-0.25, -0.2) is 8.42 Å². The number of halogens is 1. The van der Waals surface area contributed by atoms with Crippen LogP contribution in [0, 0.1) is 5.92 Å². The van der Waals surface area contributed by atoms with E-state index in [2.05, 4.69) is 45.5 Å². The Kier molecular flexibility index (Phi) is 9.96. The van der Waals surface area contributed by atoms with Crippen LogP contribution < -0.4 is 5.32 Å². The Bertz CT molecular complexity index is 919. The molecule has 0 bridgehead atoms. The number of benzene rings is 2. The standard InChI is InChI=1S/C22H29N3O2S2.HI/c1-23-22(24-14-12-18-8-10-21(11-9-18)29(2,26)27)25-15-13-19(16-25)17-28-20-6-4-3-5-7-20;/h3-11,19H,12-17H2,1-2H3,(H,23,24);1H. The van der Waals surface area contributed by atoms with Crippen molar-refractivity contribution < 1.29 is 8.42 Å². The SMILES string of the molecule is CN=C(NCCc1ccc(S(C)(=O)=O)cc1)N1CCC(CSc2ccccc2)C1.I. The van der Waals surface area contributed by atoms with Gasteiger partial charge in [0.05, 0.1) is 4.90 Å². The first-order chi connectivity index (χ1) is 14.0. The van der Waals surface area contributed by atoms with E-state index in [9.17, 15) is 8.42 Å². The molecule has 0 aliphatic carbocycles. The largest absolute Gasteiger partial charge is 0.356 e. The normalized spacial score (nSPS) is 16.9. The number of nitrogens with zero attached hydrogens (tertiary/aromatic N) is 2. The first kappa shape index (κ1) is 25.0. The van der Waals surface area contributed by atoms with Gasteiger partial charge in [-0.1, -0.05) is 30.3 Å². The van der Waals surface area contributed by atoms with Gasteiger partial charge < -0.3 is 10.2 Å². The van der Waals surface area contributed by atoms with Gasteiger partial charge in [0.2, 0.25) is 0 Å². The van der Waals surface area contributed by atoms with Gasteiger partial charge in [0, 0.05) is 43.6 Å². The van der Waals surface area contributed by atoms with E-state index >= 15 is 0 Å². The average Bonchev–Trinajstić information content (AvgIpc) is 3.19. The lowest BCUT2D eigenvalue weighted by Crippen LogP contribution is -2.41. The molecule has 1 saturated heterocycles. The molecule has 1 heterocycles. The van der Waals surface area contributed by atoms with E-state index in [1.807, 2.05) is 30.9 Å². The molecule has 164 valence electrons. The van der Waals surface area contributed by atoms with Crippen molar-refractivity contribution in [2.45, 2.75) is 22.6 Å². The molecule has 30 heavy (non-hydrogen) atoms.